The zero-order chi connectivity index (χ0) is 13.7. The van der Waals surface area contributed by atoms with E-state index in [0.29, 0.717) is 17.7 Å². The molecule has 0 aliphatic carbocycles. The molecule has 2 aromatic rings. The molecule has 2 nitrogen and oxygen atoms in total. The second kappa shape index (κ2) is 6.53. The Kier molecular flexibility index (Phi) is 4.74. The molecule has 0 N–H and O–H groups in total. The van der Waals surface area contributed by atoms with Crippen LogP contribution in [0.1, 0.15) is 23.7 Å². The van der Waals surface area contributed by atoms with E-state index in [4.69, 9.17) is 4.74 Å². The Morgan fingerprint density at radius 2 is 1.89 bits per heavy atom. The molecule has 0 aliphatic rings. The van der Waals surface area contributed by atoms with E-state index in [2.05, 4.69) is 15.9 Å². The molecule has 98 valence electrons. The maximum absolute atomic E-state index is 12.3. The molecule has 3 heteroatoms. The number of hydrogen-bond donors (Lipinski definition) is 0. The van der Waals surface area contributed by atoms with Gasteiger partial charge in [-0.2, -0.15) is 0 Å². The largest absolute Gasteiger partial charge is 0.482 e. The molecule has 0 amide bonds. The average molecular weight is 319 g/mol. The first-order valence-corrected chi connectivity index (χ1v) is 7.01. The third-order valence-corrected chi connectivity index (χ3v) is 3.29. The highest BCUT2D eigenvalue weighted by molar-refractivity contribution is 9.10. The van der Waals surface area contributed by atoms with Crippen molar-refractivity contribution in [2.24, 2.45) is 0 Å². The third-order valence-electron chi connectivity index (χ3n) is 2.80. The molecule has 19 heavy (non-hydrogen) atoms. The SMILES string of the molecule is CCC(Oc1cccc(Br)c1)C(=O)c1ccccc1. The molecule has 2 rings (SSSR count). The number of Topliss-reactive ketones (excluding diaryl/α,β-unsaturated/α-hetero) is 1. The fourth-order valence-corrected chi connectivity index (χ4v) is 2.19. The summed E-state index contributed by atoms with van der Waals surface area (Å²) in [6.07, 6.45) is 0.192. The monoisotopic (exact) mass is 318 g/mol. The zero-order valence-corrected chi connectivity index (χ0v) is 12.3. The van der Waals surface area contributed by atoms with E-state index in [0.717, 1.165) is 4.47 Å². The molecule has 2 aromatic carbocycles. The van der Waals surface area contributed by atoms with E-state index in [9.17, 15) is 4.79 Å². The van der Waals surface area contributed by atoms with Crippen LogP contribution in [0.3, 0.4) is 0 Å². The smallest absolute Gasteiger partial charge is 0.203 e. The van der Waals surface area contributed by atoms with Crippen LogP contribution in [0.4, 0.5) is 0 Å². The summed E-state index contributed by atoms with van der Waals surface area (Å²) in [5.74, 6) is 0.716. The van der Waals surface area contributed by atoms with E-state index < -0.39 is 6.10 Å². The Balaban J connectivity index is 2.15. The predicted molar refractivity (Wildman–Crippen MR) is 79.6 cm³/mol. The minimum atomic E-state index is -0.448. The van der Waals surface area contributed by atoms with Gasteiger partial charge in [0, 0.05) is 10.0 Å². The summed E-state index contributed by atoms with van der Waals surface area (Å²) in [5, 5.41) is 0. The lowest BCUT2D eigenvalue weighted by Gasteiger charge is -2.16. The van der Waals surface area contributed by atoms with E-state index >= 15 is 0 Å². The quantitative estimate of drug-likeness (QED) is 0.759. The molecule has 0 aliphatic heterocycles. The Morgan fingerprint density at radius 1 is 1.16 bits per heavy atom. The summed E-state index contributed by atoms with van der Waals surface area (Å²) < 4.78 is 6.72. The molecule has 0 saturated heterocycles. The highest BCUT2D eigenvalue weighted by atomic mass is 79.9. The van der Waals surface area contributed by atoms with Crippen molar-refractivity contribution in [2.45, 2.75) is 19.4 Å². The summed E-state index contributed by atoms with van der Waals surface area (Å²) in [7, 11) is 0. The Bertz CT molecular complexity index is 552. The first kappa shape index (κ1) is 13.8. The molecule has 0 bridgehead atoms. The van der Waals surface area contributed by atoms with Gasteiger partial charge in [0.25, 0.3) is 0 Å². The van der Waals surface area contributed by atoms with Gasteiger partial charge in [0.1, 0.15) is 5.75 Å². The molecule has 0 heterocycles. The fraction of sp³-hybridized carbons (Fsp3) is 0.188. The van der Waals surface area contributed by atoms with Crippen LogP contribution in [0.5, 0.6) is 5.75 Å². The van der Waals surface area contributed by atoms with Crippen molar-refractivity contribution in [3.63, 3.8) is 0 Å². The van der Waals surface area contributed by atoms with Crippen molar-refractivity contribution in [1.29, 1.82) is 0 Å². The molecule has 1 unspecified atom stereocenters. The van der Waals surface area contributed by atoms with Gasteiger partial charge in [0.05, 0.1) is 0 Å². The summed E-state index contributed by atoms with van der Waals surface area (Å²) in [6, 6.07) is 16.8. The summed E-state index contributed by atoms with van der Waals surface area (Å²) in [6.45, 7) is 1.95. The van der Waals surface area contributed by atoms with Gasteiger partial charge in [-0.1, -0.05) is 59.3 Å². The van der Waals surface area contributed by atoms with E-state index in [1.54, 1.807) is 0 Å². The maximum atomic E-state index is 12.3. The maximum Gasteiger partial charge on any atom is 0.203 e. The van der Waals surface area contributed by atoms with Crippen LogP contribution in [-0.4, -0.2) is 11.9 Å². The molecular weight excluding hydrogens is 304 g/mol. The minimum absolute atomic E-state index is 0.0167. The fourth-order valence-electron chi connectivity index (χ4n) is 1.82. The number of carbonyl (C=O) groups excluding carboxylic acids is 1. The van der Waals surface area contributed by atoms with Crippen LogP contribution >= 0.6 is 15.9 Å². The van der Waals surface area contributed by atoms with Crippen molar-refractivity contribution < 1.29 is 9.53 Å². The van der Waals surface area contributed by atoms with Gasteiger partial charge in [-0.25, -0.2) is 0 Å². The lowest BCUT2D eigenvalue weighted by molar-refractivity contribution is 0.0786. The van der Waals surface area contributed by atoms with Gasteiger partial charge in [-0.05, 0) is 24.6 Å². The second-order valence-electron chi connectivity index (χ2n) is 4.20. The third kappa shape index (κ3) is 3.67. The van der Waals surface area contributed by atoms with Gasteiger partial charge in [0.2, 0.25) is 5.78 Å². The highest BCUT2D eigenvalue weighted by Crippen LogP contribution is 2.20. The molecule has 0 radical (unpaired) electrons. The number of carbonyl (C=O) groups is 1. The zero-order valence-electron chi connectivity index (χ0n) is 10.7. The van der Waals surface area contributed by atoms with E-state index in [1.807, 2.05) is 61.5 Å². The Morgan fingerprint density at radius 3 is 2.53 bits per heavy atom. The second-order valence-corrected chi connectivity index (χ2v) is 5.12. The standard InChI is InChI=1S/C16H15BrO2/c1-2-15(16(18)12-7-4-3-5-8-12)19-14-10-6-9-13(17)11-14/h3-11,15H,2H2,1H3. The first-order chi connectivity index (χ1) is 9.20. The van der Waals surface area contributed by atoms with Crippen molar-refractivity contribution in [1.82, 2.24) is 0 Å². The van der Waals surface area contributed by atoms with Crippen LogP contribution in [0.15, 0.2) is 59.1 Å². The minimum Gasteiger partial charge on any atom is -0.482 e. The van der Waals surface area contributed by atoms with E-state index in [-0.39, 0.29) is 5.78 Å². The normalized spacial score (nSPS) is 11.9. The molecule has 0 saturated carbocycles. The molecule has 0 spiro atoms. The van der Waals surface area contributed by atoms with Crippen molar-refractivity contribution in [2.75, 3.05) is 0 Å². The number of ketones is 1. The summed E-state index contributed by atoms with van der Waals surface area (Å²) in [5.41, 5.74) is 0.685. The van der Waals surface area contributed by atoms with Gasteiger partial charge < -0.3 is 4.74 Å². The summed E-state index contributed by atoms with van der Waals surface area (Å²) in [4.78, 5) is 12.3. The van der Waals surface area contributed by atoms with Crippen molar-refractivity contribution in [3.8, 4) is 5.75 Å². The number of halogens is 1. The highest BCUT2D eigenvalue weighted by Gasteiger charge is 2.19. The van der Waals surface area contributed by atoms with Gasteiger partial charge in [-0.15, -0.1) is 0 Å². The molecular formula is C16H15BrO2. The number of hydrogen-bond acceptors (Lipinski definition) is 2. The van der Waals surface area contributed by atoms with Crippen LogP contribution in [-0.2, 0) is 0 Å². The number of ether oxygens (including phenoxy) is 1. The Hall–Kier alpha value is -1.61. The molecule has 1 atom stereocenters. The lowest BCUT2D eigenvalue weighted by Crippen LogP contribution is -2.26. The lowest BCUT2D eigenvalue weighted by atomic mass is 10.0. The van der Waals surface area contributed by atoms with Gasteiger partial charge in [0.15, 0.2) is 6.10 Å². The number of rotatable bonds is 5. The van der Waals surface area contributed by atoms with E-state index in [1.165, 1.54) is 0 Å². The molecule has 0 aromatic heterocycles. The average Bonchev–Trinajstić information content (AvgIpc) is 2.45. The van der Waals surface area contributed by atoms with Crippen LogP contribution in [0.2, 0.25) is 0 Å². The topological polar surface area (TPSA) is 26.3 Å². The Labute approximate surface area is 121 Å². The van der Waals surface area contributed by atoms with Gasteiger partial charge >= 0.3 is 0 Å². The van der Waals surface area contributed by atoms with Crippen molar-refractivity contribution in [3.05, 3.63) is 64.6 Å². The number of benzene rings is 2. The van der Waals surface area contributed by atoms with Crippen LogP contribution < -0.4 is 4.74 Å². The first-order valence-electron chi connectivity index (χ1n) is 6.22. The predicted octanol–water partition coefficient (Wildman–Crippen LogP) is 4.49. The molecule has 0 fully saturated rings. The van der Waals surface area contributed by atoms with Crippen LogP contribution in [0, 0.1) is 0 Å². The van der Waals surface area contributed by atoms with Crippen LogP contribution in [0.25, 0.3) is 0 Å². The summed E-state index contributed by atoms with van der Waals surface area (Å²) >= 11 is 3.39. The van der Waals surface area contributed by atoms with Crippen molar-refractivity contribution >= 4 is 21.7 Å². The van der Waals surface area contributed by atoms with Gasteiger partial charge in [-0.3, -0.25) is 4.79 Å².